The summed E-state index contributed by atoms with van der Waals surface area (Å²) in [5.74, 6) is 2.35. The van der Waals surface area contributed by atoms with Crippen molar-refractivity contribution in [2.24, 2.45) is 0 Å². The number of rotatable bonds is 5. The van der Waals surface area contributed by atoms with Gasteiger partial charge < -0.3 is 19.5 Å². The van der Waals surface area contributed by atoms with Crippen molar-refractivity contribution in [3.05, 3.63) is 36.8 Å². The smallest absolute Gasteiger partial charge is 0.227 e. The molecule has 0 spiro atoms. The van der Waals surface area contributed by atoms with Gasteiger partial charge in [0.05, 0.1) is 11.6 Å². The van der Waals surface area contributed by atoms with Crippen LogP contribution in [0.25, 0.3) is 10.9 Å². The van der Waals surface area contributed by atoms with Gasteiger partial charge in [-0.3, -0.25) is 0 Å². The number of aromatic nitrogens is 4. The van der Waals surface area contributed by atoms with Gasteiger partial charge in [-0.05, 0) is 37.8 Å². The molecule has 29 heavy (non-hydrogen) atoms. The molecule has 0 bridgehead atoms. The number of methoxy groups -OCH3 is 1. The quantitative estimate of drug-likeness (QED) is 0.698. The van der Waals surface area contributed by atoms with Crippen LogP contribution >= 0.6 is 0 Å². The Labute approximate surface area is 171 Å². The average Bonchev–Trinajstić information content (AvgIpc) is 3.43. The summed E-state index contributed by atoms with van der Waals surface area (Å²) in [6, 6.07) is 6.81. The molecule has 7 heteroatoms. The highest BCUT2D eigenvalue weighted by molar-refractivity contribution is 5.82. The Morgan fingerprint density at radius 1 is 1.03 bits per heavy atom. The highest BCUT2D eigenvalue weighted by atomic mass is 16.5. The highest BCUT2D eigenvalue weighted by Gasteiger charge is 2.21. The first-order chi connectivity index (χ1) is 14.3. The summed E-state index contributed by atoms with van der Waals surface area (Å²) in [6.45, 7) is 1.84. The first-order valence-electron chi connectivity index (χ1n) is 10.6. The third kappa shape index (κ3) is 3.79. The van der Waals surface area contributed by atoms with Crippen molar-refractivity contribution in [3.8, 4) is 0 Å². The van der Waals surface area contributed by atoms with E-state index >= 15 is 0 Å². The molecule has 0 amide bonds. The standard InChI is InChI=1S/C22H28N6O/c1-29-18-8-11-27(12-9-18)22-23-10-6-20(26-22)25-21-14-19-16(15-24-21)7-13-28(19)17-4-2-3-5-17/h6-7,10,13-15,17-18H,2-5,8-9,11-12H2,1H3,(H,23,24,25,26). The number of nitrogens with zero attached hydrogens (tertiary/aromatic N) is 5. The van der Waals surface area contributed by atoms with E-state index in [1.54, 1.807) is 7.11 Å². The van der Waals surface area contributed by atoms with Gasteiger partial charge in [-0.2, -0.15) is 4.98 Å². The zero-order valence-electron chi connectivity index (χ0n) is 16.9. The first kappa shape index (κ1) is 18.4. The van der Waals surface area contributed by atoms with Gasteiger partial charge in [-0.1, -0.05) is 12.8 Å². The van der Waals surface area contributed by atoms with Crippen LogP contribution in [0.15, 0.2) is 36.8 Å². The maximum atomic E-state index is 5.46. The summed E-state index contributed by atoms with van der Waals surface area (Å²) in [5, 5.41) is 4.56. The predicted molar refractivity (Wildman–Crippen MR) is 115 cm³/mol. The molecule has 7 nitrogen and oxygen atoms in total. The monoisotopic (exact) mass is 392 g/mol. The van der Waals surface area contributed by atoms with Crippen molar-refractivity contribution in [2.45, 2.75) is 50.7 Å². The van der Waals surface area contributed by atoms with E-state index in [2.05, 4.69) is 43.1 Å². The van der Waals surface area contributed by atoms with Crippen LogP contribution in [0.3, 0.4) is 0 Å². The molecule has 1 saturated carbocycles. The number of hydrogen-bond acceptors (Lipinski definition) is 6. The second-order valence-corrected chi connectivity index (χ2v) is 8.08. The predicted octanol–water partition coefficient (Wildman–Crippen LogP) is 4.30. The van der Waals surface area contributed by atoms with Gasteiger partial charge in [0, 0.05) is 56.3 Å². The van der Waals surface area contributed by atoms with Crippen LogP contribution in [-0.2, 0) is 4.74 Å². The number of piperidine rings is 1. The topological polar surface area (TPSA) is 68.1 Å². The van der Waals surface area contributed by atoms with Gasteiger partial charge in [-0.15, -0.1) is 0 Å². The van der Waals surface area contributed by atoms with E-state index in [-0.39, 0.29) is 0 Å². The van der Waals surface area contributed by atoms with Crippen LogP contribution in [0.2, 0.25) is 0 Å². The fourth-order valence-electron chi connectivity index (χ4n) is 4.61. The number of anilines is 3. The van der Waals surface area contributed by atoms with Gasteiger partial charge in [-0.25, -0.2) is 9.97 Å². The number of fused-ring (bicyclic) bond motifs is 1. The fraction of sp³-hybridized carbons (Fsp3) is 0.500. The molecule has 1 saturated heterocycles. The second-order valence-electron chi connectivity index (χ2n) is 8.08. The van der Waals surface area contributed by atoms with Gasteiger partial charge in [0.1, 0.15) is 11.6 Å². The Morgan fingerprint density at radius 2 is 1.86 bits per heavy atom. The second kappa shape index (κ2) is 7.99. The maximum Gasteiger partial charge on any atom is 0.227 e. The van der Waals surface area contributed by atoms with Crippen molar-refractivity contribution >= 4 is 28.5 Å². The third-order valence-electron chi connectivity index (χ3n) is 6.28. The molecule has 0 atom stereocenters. The van der Waals surface area contributed by atoms with Crippen LogP contribution in [0.4, 0.5) is 17.6 Å². The Balaban J connectivity index is 1.35. The number of nitrogens with one attached hydrogen (secondary N) is 1. The molecular formula is C22H28N6O. The summed E-state index contributed by atoms with van der Waals surface area (Å²) >= 11 is 0. The van der Waals surface area contributed by atoms with Crippen LogP contribution < -0.4 is 10.2 Å². The van der Waals surface area contributed by atoms with Crippen LogP contribution in [0.5, 0.6) is 0 Å². The van der Waals surface area contributed by atoms with E-state index in [0.29, 0.717) is 12.1 Å². The normalized spacial score (nSPS) is 18.6. The van der Waals surface area contributed by atoms with Gasteiger partial charge in [0.2, 0.25) is 5.95 Å². The molecule has 1 N–H and O–H groups in total. The summed E-state index contributed by atoms with van der Waals surface area (Å²) in [5.41, 5.74) is 1.24. The lowest BCUT2D eigenvalue weighted by atomic mass is 10.1. The van der Waals surface area contributed by atoms with Gasteiger partial charge >= 0.3 is 0 Å². The van der Waals surface area contributed by atoms with Gasteiger partial charge in [0.25, 0.3) is 0 Å². The summed E-state index contributed by atoms with van der Waals surface area (Å²) < 4.78 is 7.88. The van der Waals surface area contributed by atoms with E-state index in [0.717, 1.165) is 43.5 Å². The fourth-order valence-corrected chi connectivity index (χ4v) is 4.61. The third-order valence-corrected chi connectivity index (χ3v) is 6.28. The van der Waals surface area contributed by atoms with Crippen LogP contribution in [0, 0.1) is 0 Å². The molecule has 152 valence electrons. The molecular weight excluding hydrogens is 364 g/mol. The Hall–Kier alpha value is -2.67. The highest BCUT2D eigenvalue weighted by Crippen LogP contribution is 2.33. The van der Waals surface area contributed by atoms with Crippen molar-refractivity contribution < 1.29 is 4.74 Å². The van der Waals surface area contributed by atoms with Crippen LogP contribution in [-0.4, -0.2) is 45.8 Å². The molecule has 5 rings (SSSR count). The lowest BCUT2D eigenvalue weighted by molar-refractivity contribution is 0.0816. The minimum Gasteiger partial charge on any atom is -0.381 e. The summed E-state index contributed by atoms with van der Waals surface area (Å²) in [6.07, 6.45) is 13.5. The van der Waals surface area contributed by atoms with Crippen molar-refractivity contribution in [3.63, 3.8) is 0 Å². The Bertz CT molecular complexity index is 972. The van der Waals surface area contributed by atoms with E-state index < -0.39 is 0 Å². The molecule has 1 aliphatic heterocycles. The Kier molecular flexibility index (Phi) is 5.06. The molecule has 2 fully saturated rings. The first-order valence-corrected chi connectivity index (χ1v) is 10.6. The minimum absolute atomic E-state index is 0.347. The molecule has 3 aromatic rings. The van der Waals surface area contributed by atoms with Gasteiger partial charge in [0.15, 0.2) is 0 Å². The summed E-state index contributed by atoms with van der Waals surface area (Å²) in [4.78, 5) is 16.0. The van der Waals surface area contributed by atoms with E-state index in [1.165, 1.54) is 36.6 Å². The number of hydrogen-bond donors (Lipinski definition) is 1. The van der Waals surface area contributed by atoms with E-state index in [1.807, 2.05) is 18.5 Å². The summed E-state index contributed by atoms with van der Waals surface area (Å²) in [7, 11) is 1.79. The van der Waals surface area contributed by atoms with Crippen molar-refractivity contribution in [1.29, 1.82) is 0 Å². The molecule has 0 unspecified atom stereocenters. The number of pyridine rings is 1. The zero-order chi connectivity index (χ0) is 19.6. The molecule has 1 aliphatic carbocycles. The average molecular weight is 393 g/mol. The largest absolute Gasteiger partial charge is 0.381 e. The minimum atomic E-state index is 0.347. The molecule has 3 aromatic heterocycles. The zero-order valence-corrected chi connectivity index (χ0v) is 16.9. The molecule has 0 aromatic carbocycles. The van der Waals surface area contributed by atoms with Crippen LogP contribution in [0.1, 0.15) is 44.6 Å². The van der Waals surface area contributed by atoms with Crippen molar-refractivity contribution in [2.75, 3.05) is 30.4 Å². The number of ether oxygens (including phenoxy) is 1. The lowest BCUT2D eigenvalue weighted by Crippen LogP contribution is -2.37. The van der Waals surface area contributed by atoms with E-state index in [4.69, 9.17) is 9.72 Å². The van der Waals surface area contributed by atoms with E-state index in [9.17, 15) is 0 Å². The molecule has 0 radical (unpaired) electrons. The maximum absolute atomic E-state index is 5.46. The SMILES string of the molecule is COC1CCN(c2nccc(Nc3cc4c(ccn4C4CCCC4)cn3)n2)CC1. The van der Waals surface area contributed by atoms with Crippen molar-refractivity contribution in [1.82, 2.24) is 19.5 Å². The molecule has 2 aliphatic rings. The molecule has 4 heterocycles. The Morgan fingerprint density at radius 3 is 2.66 bits per heavy atom. The lowest BCUT2D eigenvalue weighted by Gasteiger charge is -2.31.